The highest BCUT2D eigenvalue weighted by Gasteiger charge is 2.38. The van der Waals surface area contributed by atoms with Gasteiger partial charge in [-0.2, -0.15) is 0 Å². The molecule has 2 aromatic carbocycles. The minimum absolute atomic E-state index is 0.452. The van der Waals surface area contributed by atoms with Crippen LogP contribution in [0.3, 0.4) is 0 Å². The molecule has 0 aromatic heterocycles. The largest absolute Gasteiger partial charge is 0.385 e. The van der Waals surface area contributed by atoms with E-state index in [1.165, 1.54) is 0 Å². The molecule has 0 bridgehead atoms. The zero-order valence-electron chi connectivity index (χ0n) is 13.4. The Morgan fingerprint density at radius 1 is 1.00 bits per heavy atom. The van der Waals surface area contributed by atoms with Gasteiger partial charge in [-0.1, -0.05) is 60.7 Å². The topological polar surface area (TPSA) is 72.8 Å². The van der Waals surface area contributed by atoms with E-state index >= 15 is 0 Å². The molecule has 1 amide bonds. The summed E-state index contributed by atoms with van der Waals surface area (Å²) < 4.78 is 0. The Hall–Kier alpha value is -2.21. The number of aliphatic hydroxyl groups is 1. The minimum atomic E-state index is -0.866. The quantitative estimate of drug-likeness (QED) is 0.595. The van der Waals surface area contributed by atoms with Crippen molar-refractivity contribution in [3.05, 3.63) is 71.8 Å². The third-order valence-corrected chi connectivity index (χ3v) is 4.78. The van der Waals surface area contributed by atoms with E-state index in [1.54, 1.807) is 5.48 Å². The number of rotatable bonds is 4. The molecule has 0 spiro atoms. The van der Waals surface area contributed by atoms with Crippen molar-refractivity contribution in [3.63, 3.8) is 0 Å². The molecule has 126 valence electrons. The smallest absolute Gasteiger partial charge is 0.265 e. The monoisotopic (exact) mass is 326 g/mol. The fraction of sp³-hybridized carbons (Fsp3) is 0.316. The molecule has 0 aliphatic carbocycles. The minimum Gasteiger partial charge on any atom is -0.385 e. The zero-order chi connectivity index (χ0) is 17.0. The molecule has 5 nitrogen and oxygen atoms in total. The average molecular weight is 326 g/mol. The lowest BCUT2D eigenvalue weighted by atomic mass is 9.83. The van der Waals surface area contributed by atoms with Crippen LogP contribution in [0.25, 0.3) is 0 Å². The predicted octanol–water partition coefficient (Wildman–Crippen LogP) is 2.22. The normalized spacial score (nSPS) is 18.8. The Labute approximate surface area is 141 Å². The maximum Gasteiger partial charge on any atom is 0.265 e. The Morgan fingerprint density at radius 2 is 1.54 bits per heavy atom. The van der Waals surface area contributed by atoms with Crippen LogP contribution in [-0.4, -0.2) is 34.2 Å². The molecule has 1 fully saturated rings. The number of nitrogens with zero attached hydrogens (tertiary/aromatic N) is 1. The molecule has 24 heavy (non-hydrogen) atoms. The number of nitrogens with one attached hydrogen (secondary N) is 1. The molecule has 1 aliphatic heterocycles. The summed E-state index contributed by atoms with van der Waals surface area (Å²) >= 11 is 0. The molecule has 1 atom stereocenters. The van der Waals surface area contributed by atoms with Crippen LogP contribution in [0.15, 0.2) is 60.7 Å². The SMILES string of the molecule is O=C(NO)C(c1ccccc1)N1CCC(O)(c2ccccc2)CC1. The number of hydroxylamine groups is 1. The standard InChI is InChI=1S/C19H22N2O3/c22-18(20-24)17(15-7-3-1-4-8-15)21-13-11-19(23,12-14-21)16-9-5-2-6-10-16/h1-10,17,23-24H,11-14H2,(H,20,22). The second kappa shape index (κ2) is 7.13. The van der Waals surface area contributed by atoms with Gasteiger partial charge in [0.2, 0.25) is 0 Å². The van der Waals surface area contributed by atoms with Gasteiger partial charge in [-0.15, -0.1) is 0 Å². The van der Waals surface area contributed by atoms with Crippen LogP contribution < -0.4 is 5.48 Å². The maximum absolute atomic E-state index is 12.2. The van der Waals surface area contributed by atoms with Gasteiger partial charge < -0.3 is 5.11 Å². The molecule has 1 unspecified atom stereocenters. The van der Waals surface area contributed by atoms with Crippen molar-refractivity contribution >= 4 is 5.91 Å². The van der Waals surface area contributed by atoms with Crippen molar-refractivity contribution in [2.75, 3.05) is 13.1 Å². The van der Waals surface area contributed by atoms with E-state index < -0.39 is 17.6 Å². The van der Waals surface area contributed by atoms with Crippen molar-refractivity contribution in [3.8, 4) is 0 Å². The van der Waals surface area contributed by atoms with Crippen LogP contribution in [0.5, 0.6) is 0 Å². The number of likely N-dealkylation sites (tertiary alicyclic amines) is 1. The van der Waals surface area contributed by atoms with E-state index in [1.807, 2.05) is 65.6 Å². The number of hydrogen-bond donors (Lipinski definition) is 3. The molecule has 3 N–H and O–H groups in total. The first-order chi connectivity index (χ1) is 11.6. The van der Waals surface area contributed by atoms with E-state index in [0.717, 1.165) is 11.1 Å². The van der Waals surface area contributed by atoms with Crippen molar-refractivity contribution in [1.82, 2.24) is 10.4 Å². The third kappa shape index (κ3) is 3.33. The van der Waals surface area contributed by atoms with Gasteiger partial charge in [0.25, 0.3) is 5.91 Å². The molecule has 0 saturated carbocycles. The van der Waals surface area contributed by atoms with Gasteiger partial charge in [0.05, 0.1) is 5.60 Å². The third-order valence-electron chi connectivity index (χ3n) is 4.78. The number of hydrogen-bond acceptors (Lipinski definition) is 4. The highest BCUT2D eigenvalue weighted by Crippen LogP contribution is 2.35. The number of amides is 1. The van der Waals surface area contributed by atoms with E-state index in [9.17, 15) is 9.90 Å². The lowest BCUT2D eigenvalue weighted by Gasteiger charge is -2.41. The van der Waals surface area contributed by atoms with Crippen LogP contribution in [0.4, 0.5) is 0 Å². The van der Waals surface area contributed by atoms with Crippen molar-refractivity contribution < 1.29 is 15.1 Å². The molecule has 5 heteroatoms. The number of carbonyl (C=O) groups excluding carboxylic acids is 1. The lowest BCUT2D eigenvalue weighted by molar-refractivity contribution is -0.137. The second-order valence-corrected chi connectivity index (χ2v) is 6.22. The maximum atomic E-state index is 12.2. The lowest BCUT2D eigenvalue weighted by Crippen LogP contribution is -2.47. The number of benzene rings is 2. The van der Waals surface area contributed by atoms with Gasteiger partial charge in [0.1, 0.15) is 6.04 Å². The molecule has 2 aromatic rings. The Bertz CT molecular complexity index is 668. The molecule has 1 saturated heterocycles. The fourth-order valence-electron chi connectivity index (χ4n) is 3.41. The van der Waals surface area contributed by atoms with Gasteiger partial charge in [0.15, 0.2) is 0 Å². The Balaban J connectivity index is 1.77. The fourth-order valence-corrected chi connectivity index (χ4v) is 3.41. The number of piperidine rings is 1. The molecule has 3 rings (SSSR count). The summed E-state index contributed by atoms with van der Waals surface area (Å²) in [6.07, 6.45) is 1.08. The molecular formula is C19H22N2O3. The summed E-state index contributed by atoms with van der Waals surface area (Å²) in [6, 6.07) is 18.5. The van der Waals surface area contributed by atoms with Gasteiger partial charge in [0, 0.05) is 13.1 Å². The summed E-state index contributed by atoms with van der Waals surface area (Å²) in [6.45, 7) is 1.14. The van der Waals surface area contributed by atoms with E-state index in [-0.39, 0.29) is 0 Å². The molecule has 0 radical (unpaired) electrons. The summed E-state index contributed by atoms with van der Waals surface area (Å²) in [5.41, 5.74) is 2.64. The van der Waals surface area contributed by atoms with Crippen LogP contribution in [0, 0.1) is 0 Å². The van der Waals surface area contributed by atoms with Gasteiger partial charge >= 0.3 is 0 Å². The van der Waals surface area contributed by atoms with E-state index in [2.05, 4.69) is 0 Å². The van der Waals surface area contributed by atoms with Gasteiger partial charge in [-0.25, -0.2) is 5.48 Å². The van der Waals surface area contributed by atoms with Crippen LogP contribution >= 0.6 is 0 Å². The Kier molecular flexibility index (Phi) is 4.94. The molecule has 1 aliphatic rings. The average Bonchev–Trinajstić information content (AvgIpc) is 2.65. The first-order valence-electron chi connectivity index (χ1n) is 8.15. The summed E-state index contributed by atoms with van der Waals surface area (Å²) in [5.74, 6) is -0.452. The molecular weight excluding hydrogens is 304 g/mol. The van der Waals surface area contributed by atoms with Crippen molar-refractivity contribution in [1.29, 1.82) is 0 Å². The van der Waals surface area contributed by atoms with Gasteiger partial charge in [-0.05, 0) is 24.0 Å². The zero-order valence-corrected chi connectivity index (χ0v) is 13.4. The summed E-state index contributed by atoms with van der Waals surface area (Å²) in [7, 11) is 0. The first-order valence-corrected chi connectivity index (χ1v) is 8.15. The van der Waals surface area contributed by atoms with Crippen molar-refractivity contribution in [2.24, 2.45) is 0 Å². The summed E-state index contributed by atoms with van der Waals surface area (Å²) in [5, 5.41) is 20.0. The van der Waals surface area contributed by atoms with Gasteiger partial charge in [-0.3, -0.25) is 14.9 Å². The van der Waals surface area contributed by atoms with E-state index in [4.69, 9.17) is 5.21 Å². The highest BCUT2D eigenvalue weighted by atomic mass is 16.5. The van der Waals surface area contributed by atoms with Crippen LogP contribution in [0.1, 0.15) is 30.0 Å². The van der Waals surface area contributed by atoms with E-state index in [0.29, 0.717) is 25.9 Å². The van der Waals surface area contributed by atoms with Crippen LogP contribution in [0.2, 0.25) is 0 Å². The Morgan fingerprint density at radius 3 is 2.08 bits per heavy atom. The summed E-state index contributed by atoms with van der Waals surface area (Å²) in [4.78, 5) is 14.2. The van der Waals surface area contributed by atoms with Crippen LogP contribution in [-0.2, 0) is 10.4 Å². The predicted molar refractivity (Wildman–Crippen MR) is 90.3 cm³/mol. The number of carbonyl (C=O) groups is 1. The highest BCUT2D eigenvalue weighted by molar-refractivity contribution is 5.82. The van der Waals surface area contributed by atoms with Crippen molar-refractivity contribution in [2.45, 2.75) is 24.5 Å². The molecule has 1 heterocycles. The first kappa shape index (κ1) is 16.6. The second-order valence-electron chi connectivity index (χ2n) is 6.22.